The lowest BCUT2D eigenvalue weighted by atomic mass is 9.92. The fourth-order valence-corrected chi connectivity index (χ4v) is 4.23. The van der Waals surface area contributed by atoms with Gasteiger partial charge in [-0.05, 0) is 23.8 Å². The van der Waals surface area contributed by atoms with Crippen LogP contribution in [0.15, 0.2) is 48.5 Å². The monoisotopic (exact) mass is 408 g/mol. The van der Waals surface area contributed by atoms with Gasteiger partial charge in [0.2, 0.25) is 0 Å². The highest BCUT2D eigenvalue weighted by Gasteiger charge is 2.46. The average Bonchev–Trinajstić information content (AvgIpc) is 3.27. The van der Waals surface area contributed by atoms with Crippen molar-refractivity contribution in [3.8, 4) is 11.5 Å². The zero-order chi connectivity index (χ0) is 20.4. The molecule has 2 N–H and O–H groups in total. The van der Waals surface area contributed by atoms with Crippen molar-refractivity contribution < 1.29 is 27.4 Å². The van der Waals surface area contributed by atoms with Crippen molar-refractivity contribution in [2.45, 2.75) is 31.0 Å². The van der Waals surface area contributed by atoms with Gasteiger partial charge in [0.1, 0.15) is 11.5 Å². The van der Waals surface area contributed by atoms with E-state index in [1.54, 1.807) is 0 Å². The molecule has 2 saturated heterocycles. The van der Waals surface area contributed by atoms with Gasteiger partial charge in [-0.2, -0.15) is 0 Å². The molecule has 4 rings (SSSR count). The Morgan fingerprint density at radius 3 is 2.66 bits per heavy atom. The smallest absolute Gasteiger partial charge is 0.496 e. The Labute approximate surface area is 167 Å². The van der Waals surface area contributed by atoms with Gasteiger partial charge in [0.15, 0.2) is 0 Å². The number of nitrogens with one attached hydrogen (secondary N) is 2. The van der Waals surface area contributed by atoms with Crippen LogP contribution in [-0.2, 0) is 11.3 Å². The first-order valence-electron chi connectivity index (χ1n) is 9.49. The number of hydrogen-bond donors (Lipinski definition) is 2. The molecule has 4 atom stereocenters. The van der Waals surface area contributed by atoms with Crippen LogP contribution in [0.3, 0.4) is 0 Å². The minimum Gasteiger partial charge on any atom is -0.496 e. The zero-order valence-corrected chi connectivity index (χ0v) is 15.9. The summed E-state index contributed by atoms with van der Waals surface area (Å²) in [5, 5.41) is 7.16. The third-order valence-corrected chi connectivity index (χ3v) is 5.51. The molecule has 0 aromatic heterocycles. The minimum absolute atomic E-state index is 0.0711. The summed E-state index contributed by atoms with van der Waals surface area (Å²) in [6.07, 6.45) is -4.73. The van der Waals surface area contributed by atoms with E-state index in [1.807, 2.05) is 18.2 Å². The zero-order valence-electron chi connectivity index (χ0n) is 15.9. The minimum atomic E-state index is -4.73. The van der Waals surface area contributed by atoms with E-state index in [0.717, 1.165) is 0 Å². The number of ether oxygens (including phenoxy) is 3. The topological polar surface area (TPSA) is 51.8 Å². The number of methoxy groups -OCH3 is 1. The normalized spacial score (nSPS) is 26.3. The fraction of sp³-hybridized carbons (Fsp3) is 0.429. The average molecular weight is 408 g/mol. The molecule has 0 aliphatic carbocycles. The molecule has 156 valence electrons. The molecule has 0 spiro atoms. The van der Waals surface area contributed by atoms with Gasteiger partial charge in [-0.15, -0.1) is 13.2 Å². The largest absolute Gasteiger partial charge is 0.573 e. The Morgan fingerprint density at radius 1 is 1.14 bits per heavy atom. The highest BCUT2D eigenvalue weighted by molar-refractivity contribution is 5.40. The second-order valence-corrected chi connectivity index (χ2v) is 7.29. The molecule has 2 aliphatic rings. The molecular weight excluding hydrogens is 385 g/mol. The van der Waals surface area contributed by atoms with E-state index in [2.05, 4.69) is 27.5 Å². The SMILES string of the molecule is COc1ccc(OC(F)(F)F)cc1CN[C@H]1[C@@H]2COC[C@@H]2N[C@H]1c1ccccc1. The van der Waals surface area contributed by atoms with Crippen LogP contribution >= 0.6 is 0 Å². The van der Waals surface area contributed by atoms with Crippen LogP contribution in [0.2, 0.25) is 0 Å². The number of alkyl halides is 3. The van der Waals surface area contributed by atoms with E-state index >= 15 is 0 Å². The van der Waals surface area contributed by atoms with E-state index in [1.165, 1.54) is 30.9 Å². The first-order valence-corrected chi connectivity index (χ1v) is 9.49. The first-order chi connectivity index (χ1) is 13.9. The number of fused-ring (bicyclic) bond motifs is 1. The van der Waals surface area contributed by atoms with E-state index in [-0.39, 0.29) is 29.8 Å². The highest BCUT2D eigenvalue weighted by atomic mass is 19.4. The first kappa shape index (κ1) is 20.0. The van der Waals surface area contributed by atoms with E-state index in [4.69, 9.17) is 9.47 Å². The summed E-state index contributed by atoms with van der Waals surface area (Å²) in [6.45, 7) is 1.65. The van der Waals surface area contributed by atoms with Crippen molar-refractivity contribution >= 4 is 0 Å². The molecule has 2 aromatic rings. The third-order valence-electron chi connectivity index (χ3n) is 5.51. The molecule has 2 heterocycles. The maximum absolute atomic E-state index is 12.6. The van der Waals surface area contributed by atoms with Crippen molar-refractivity contribution in [1.82, 2.24) is 10.6 Å². The van der Waals surface area contributed by atoms with Crippen LogP contribution in [0.5, 0.6) is 11.5 Å². The lowest BCUT2D eigenvalue weighted by Gasteiger charge is -2.25. The van der Waals surface area contributed by atoms with Crippen molar-refractivity contribution in [1.29, 1.82) is 0 Å². The summed E-state index contributed by atoms with van der Waals surface area (Å²) in [7, 11) is 1.49. The number of benzene rings is 2. The molecule has 0 saturated carbocycles. The Balaban J connectivity index is 1.54. The van der Waals surface area contributed by atoms with Gasteiger partial charge >= 0.3 is 6.36 Å². The Hall–Kier alpha value is -2.29. The standard InChI is InChI=1S/C21H23F3N2O3/c1-27-18-8-7-15(29-21(22,23)24)9-14(18)10-25-20-16-11-28-12-17(16)26-19(20)13-5-3-2-4-6-13/h2-9,16-17,19-20,25-26H,10-12H2,1H3/t16-,17+,19+,20+/m1/s1. The van der Waals surface area contributed by atoms with Crippen LogP contribution in [-0.4, -0.2) is 38.8 Å². The van der Waals surface area contributed by atoms with Crippen molar-refractivity contribution in [3.63, 3.8) is 0 Å². The van der Waals surface area contributed by atoms with Crippen LogP contribution in [0.1, 0.15) is 17.2 Å². The maximum Gasteiger partial charge on any atom is 0.573 e. The Kier molecular flexibility index (Phi) is 5.67. The van der Waals surface area contributed by atoms with Crippen LogP contribution < -0.4 is 20.1 Å². The Morgan fingerprint density at radius 2 is 1.93 bits per heavy atom. The third kappa shape index (κ3) is 4.49. The van der Waals surface area contributed by atoms with Crippen LogP contribution in [0.4, 0.5) is 13.2 Å². The molecule has 0 amide bonds. The van der Waals surface area contributed by atoms with Crippen molar-refractivity contribution in [3.05, 3.63) is 59.7 Å². The molecule has 0 bridgehead atoms. The predicted molar refractivity (Wildman–Crippen MR) is 101 cm³/mol. The second kappa shape index (κ2) is 8.22. The Bertz CT molecular complexity index is 832. The van der Waals surface area contributed by atoms with Gasteiger partial charge in [0, 0.05) is 36.2 Å². The lowest BCUT2D eigenvalue weighted by molar-refractivity contribution is -0.274. The fourth-order valence-electron chi connectivity index (χ4n) is 4.23. The molecule has 29 heavy (non-hydrogen) atoms. The molecule has 5 nitrogen and oxygen atoms in total. The molecule has 8 heteroatoms. The summed E-state index contributed by atoms with van der Waals surface area (Å²) in [4.78, 5) is 0. The molecule has 2 fully saturated rings. The molecular formula is C21H23F3N2O3. The summed E-state index contributed by atoms with van der Waals surface area (Å²) in [5.41, 5.74) is 1.77. The van der Waals surface area contributed by atoms with E-state index in [9.17, 15) is 13.2 Å². The van der Waals surface area contributed by atoms with Crippen LogP contribution in [0.25, 0.3) is 0 Å². The molecule has 2 aromatic carbocycles. The van der Waals surface area contributed by atoms with Gasteiger partial charge in [-0.1, -0.05) is 30.3 Å². The van der Waals surface area contributed by atoms with E-state index in [0.29, 0.717) is 31.1 Å². The maximum atomic E-state index is 12.6. The van der Waals surface area contributed by atoms with Crippen LogP contribution in [0, 0.1) is 5.92 Å². The summed E-state index contributed by atoms with van der Waals surface area (Å²) >= 11 is 0. The molecule has 0 radical (unpaired) electrons. The van der Waals surface area contributed by atoms with Gasteiger partial charge in [-0.25, -0.2) is 0 Å². The van der Waals surface area contributed by atoms with Crippen molar-refractivity contribution in [2.24, 2.45) is 5.92 Å². The summed E-state index contributed by atoms with van der Waals surface area (Å²) < 4.78 is 52.8. The highest BCUT2D eigenvalue weighted by Crippen LogP contribution is 2.36. The number of hydrogen-bond acceptors (Lipinski definition) is 5. The number of halogens is 3. The lowest BCUT2D eigenvalue weighted by Crippen LogP contribution is -2.39. The quantitative estimate of drug-likeness (QED) is 0.767. The second-order valence-electron chi connectivity index (χ2n) is 7.29. The van der Waals surface area contributed by atoms with Gasteiger partial charge in [0.05, 0.1) is 20.3 Å². The van der Waals surface area contributed by atoms with Crippen molar-refractivity contribution in [2.75, 3.05) is 20.3 Å². The van der Waals surface area contributed by atoms with Gasteiger partial charge < -0.3 is 24.8 Å². The predicted octanol–water partition coefficient (Wildman–Crippen LogP) is 3.41. The number of rotatable bonds is 6. The molecule has 2 aliphatic heterocycles. The summed E-state index contributed by atoms with van der Waals surface area (Å²) in [6, 6.07) is 14.6. The molecule has 0 unspecified atom stereocenters. The van der Waals surface area contributed by atoms with Gasteiger partial charge in [-0.3, -0.25) is 0 Å². The van der Waals surface area contributed by atoms with E-state index < -0.39 is 6.36 Å². The summed E-state index contributed by atoms with van der Waals surface area (Å²) in [5.74, 6) is 0.524. The van der Waals surface area contributed by atoms with Gasteiger partial charge in [0.25, 0.3) is 0 Å².